The summed E-state index contributed by atoms with van der Waals surface area (Å²) in [4.78, 5) is 27.3. The van der Waals surface area contributed by atoms with Crippen LogP contribution in [0.4, 0.5) is 9.18 Å². The Morgan fingerprint density at radius 1 is 1.37 bits per heavy atom. The van der Waals surface area contributed by atoms with E-state index in [1.54, 1.807) is 4.90 Å². The fourth-order valence-electron chi connectivity index (χ4n) is 2.82. The first-order valence-electron chi connectivity index (χ1n) is 8.86. The summed E-state index contributed by atoms with van der Waals surface area (Å²) < 4.78 is 24.9. The molecule has 0 radical (unpaired) electrons. The van der Waals surface area contributed by atoms with Gasteiger partial charge in [-0.2, -0.15) is 0 Å². The zero-order valence-electron chi connectivity index (χ0n) is 16.1. The number of carbonyl (C=O) groups excluding carboxylic acids is 2. The SMILES string of the molecule is CN1CCN(C(=O)OC(C)(C)C)CC1CCOc1cc(Br)c(F)cc1C=O. The number of benzene rings is 1. The number of piperazine rings is 1. The molecule has 1 aromatic carbocycles. The van der Waals surface area contributed by atoms with E-state index in [0.29, 0.717) is 38.2 Å². The highest BCUT2D eigenvalue weighted by atomic mass is 79.9. The summed E-state index contributed by atoms with van der Waals surface area (Å²) in [6.45, 7) is 7.78. The largest absolute Gasteiger partial charge is 0.493 e. The van der Waals surface area contributed by atoms with Gasteiger partial charge in [-0.1, -0.05) is 0 Å². The van der Waals surface area contributed by atoms with Crippen LogP contribution in [-0.2, 0) is 4.74 Å². The Hall–Kier alpha value is -1.67. The van der Waals surface area contributed by atoms with Gasteiger partial charge < -0.3 is 14.4 Å². The van der Waals surface area contributed by atoms with Gasteiger partial charge in [0.15, 0.2) is 6.29 Å². The first-order chi connectivity index (χ1) is 12.6. The van der Waals surface area contributed by atoms with Crippen molar-refractivity contribution in [2.45, 2.75) is 38.8 Å². The Balaban J connectivity index is 1.93. The van der Waals surface area contributed by atoms with Gasteiger partial charge in [-0.3, -0.25) is 9.69 Å². The average Bonchev–Trinajstić information content (AvgIpc) is 2.57. The van der Waals surface area contributed by atoms with Crippen molar-refractivity contribution in [2.75, 3.05) is 33.3 Å². The minimum absolute atomic E-state index is 0.106. The van der Waals surface area contributed by atoms with Crippen LogP contribution >= 0.6 is 15.9 Å². The van der Waals surface area contributed by atoms with Gasteiger partial charge >= 0.3 is 6.09 Å². The predicted molar refractivity (Wildman–Crippen MR) is 104 cm³/mol. The van der Waals surface area contributed by atoms with Crippen molar-refractivity contribution in [3.63, 3.8) is 0 Å². The number of amides is 1. The Bertz CT molecular complexity index is 693. The molecular weight excluding hydrogens is 419 g/mol. The molecule has 0 N–H and O–H groups in total. The van der Waals surface area contributed by atoms with Crippen molar-refractivity contribution in [1.29, 1.82) is 0 Å². The van der Waals surface area contributed by atoms with E-state index in [9.17, 15) is 14.0 Å². The van der Waals surface area contributed by atoms with Crippen LogP contribution in [-0.4, -0.2) is 67.1 Å². The van der Waals surface area contributed by atoms with E-state index in [4.69, 9.17) is 9.47 Å². The van der Waals surface area contributed by atoms with Gasteiger partial charge in [0.2, 0.25) is 0 Å². The lowest BCUT2D eigenvalue weighted by Gasteiger charge is -2.39. The van der Waals surface area contributed by atoms with Gasteiger partial charge in [-0.25, -0.2) is 9.18 Å². The number of hydrogen-bond donors (Lipinski definition) is 0. The van der Waals surface area contributed by atoms with Crippen molar-refractivity contribution < 1.29 is 23.5 Å². The minimum atomic E-state index is -0.528. The highest BCUT2D eigenvalue weighted by Crippen LogP contribution is 2.26. The number of rotatable bonds is 5. The number of halogens is 2. The molecule has 1 unspecified atom stereocenters. The first kappa shape index (κ1) is 21.6. The fraction of sp³-hybridized carbons (Fsp3) is 0.579. The zero-order valence-corrected chi connectivity index (χ0v) is 17.7. The molecule has 1 saturated heterocycles. The van der Waals surface area contributed by atoms with E-state index >= 15 is 0 Å². The van der Waals surface area contributed by atoms with E-state index in [1.165, 1.54) is 6.07 Å². The van der Waals surface area contributed by atoms with Crippen molar-refractivity contribution >= 4 is 28.3 Å². The smallest absolute Gasteiger partial charge is 0.410 e. The van der Waals surface area contributed by atoms with E-state index in [1.807, 2.05) is 27.8 Å². The maximum absolute atomic E-state index is 13.5. The number of likely N-dealkylation sites (N-methyl/N-ethyl adjacent to an activating group) is 1. The van der Waals surface area contributed by atoms with Crippen LogP contribution in [0.3, 0.4) is 0 Å². The molecule has 2 rings (SSSR count). The monoisotopic (exact) mass is 444 g/mol. The van der Waals surface area contributed by atoms with Crippen LogP contribution in [0.1, 0.15) is 37.6 Å². The maximum atomic E-state index is 13.5. The summed E-state index contributed by atoms with van der Waals surface area (Å²) in [7, 11) is 2.00. The highest BCUT2D eigenvalue weighted by Gasteiger charge is 2.30. The standard InChI is InChI=1S/C19H26BrFN2O4/c1-19(2,3)27-18(25)23-7-6-22(4)14(11-23)5-8-26-17-10-15(20)16(21)9-13(17)12-24/h9-10,12,14H,5-8,11H2,1-4H3. The third-order valence-corrected chi connectivity index (χ3v) is 4.92. The van der Waals surface area contributed by atoms with E-state index < -0.39 is 11.4 Å². The summed E-state index contributed by atoms with van der Waals surface area (Å²) in [5.74, 6) is -0.176. The molecule has 0 saturated carbocycles. The highest BCUT2D eigenvalue weighted by molar-refractivity contribution is 9.10. The van der Waals surface area contributed by atoms with E-state index in [-0.39, 0.29) is 22.2 Å². The van der Waals surface area contributed by atoms with Crippen LogP contribution in [0.25, 0.3) is 0 Å². The Kier molecular flexibility index (Phi) is 7.22. The quantitative estimate of drug-likeness (QED) is 0.647. The number of carbonyl (C=O) groups is 2. The number of aldehydes is 1. The van der Waals surface area contributed by atoms with Crippen LogP contribution in [0.2, 0.25) is 0 Å². The molecule has 0 spiro atoms. The molecule has 0 aromatic heterocycles. The van der Waals surface area contributed by atoms with Crippen LogP contribution < -0.4 is 4.74 Å². The van der Waals surface area contributed by atoms with Crippen molar-refractivity contribution in [1.82, 2.24) is 9.80 Å². The van der Waals surface area contributed by atoms with E-state index in [2.05, 4.69) is 20.8 Å². The first-order valence-corrected chi connectivity index (χ1v) is 9.65. The molecule has 150 valence electrons. The van der Waals surface area contributed by atoms with Crippen LogP contribution in [0.15, 0.2) is 16.6 Å². The molecule has 1 aliphatic heterocycles. The molecule has 0 bridgehead atoms. The second-order valence-electron chi connectivity index (χ2n) is 7.62. The topological polar surface area (TPSA) is 59.1 Å². The lowest BCUT2D eigenvalue weighted by atomic mass is 10.1. The van der Waals surface area contributed by atoms with Gasteiger partial charge in [0.1, 0.15) is 17.2 Å². The maximum Gasteiger partial charge on any atom is 0.410 e. The normalized spacial score (nSPS) is 18.3. The van der Waals surface area contributed by atoms with Gasteiger partial charge in [0, 0.05) is 25.7 Å². The average molecular weight is 445 g/mol. The fourth-order valence-corrected chi connectivity index (χ4v) is 3.14. The second-order valence-corrected chi connectivity index (χ2v) is 8.47. The molecule has 27 heavy (non-hydrogen) atoms. The molecule has 1 aromatic rings. The summed E-state index contributed by atoms with van der Waals surface area (Å²) in [5.41, 5.74) is -0.358. The molecular formula is C19H26BrFN2O4. The molecule has 0 aliphatic carbocycles. The molecule has 1 fully saturated rings. The van der Waals surface area contributed by atoms with Crippen molar-refractivity contribution in [3.8, 4) is 5.75 Å². The van der Waals surface area contributed by atoms with Crippen molar-refractivity contribution in [2.24, 2.45) is 0 Å². The molecule has 1 amide bonds. The summed E-state index contributed by atoms with van der Waals surface area (Å²) in [6, 6.07) is 2.70. The van der Waals surface area contributed by atoms with Crippen LogP contribution in [0, 0.1) is 5.82 Å². The molecule has 8 heteroatoms. The van der Waals surface area contributed by atoms with Crippen molar-refractivity contribution in [3.05, 3.63) is 28.0 Å². The molecule has 1 aliphatic rings. The number of ether oxygens (including phenoxy) is 2. The molecule has 1 heterocycles. The van der Waals surface area contributed by atoms with Gasteiger partial charge in [0.05, 0.1) is 16.6 Å². The third-order valence-electron chi connectivity index (χ3n) is 4.32. The summed E-state index contributed by atoms with van der Waals surface area (Å²) in [5, 5.41) is 0. The summed E-state index contributed by atoms with van der Waals surface area (Å²) in [6.07, 6.45) is 0.914. The Labute approximate surface area is 167 Å². The van der Waals surface area contributed by atoms with E-state index in [0.717, 1.165) is 12.6 Å². The number of hydrogen-bond acceptors (Lipinski definition) is 5. The lowest BCUT2D eigenvalue weighted by molar-refractivity contribution is 0.00547. The van der Waals surface area contributed by atoms with Gasteiger partial charge in [-0.05, 0) is 62.3 Å². The summed E-state index contributed by atoms with van der Waals surface area (Å²) >= 11 is 3.10. The minimum Gasteiger partial charge on any atom is -0.493 e. The zero-order chi connectivity index (χ0) is 20.2. The predicted octanol–water partition coefficient (Wildman–Crippen LogP) is 3.72. The lowest BCUT2D eigenvalue weighted by Crippen LogP contribution is -2.54. The van der Waals surface area contributed by atoms with Gasteiger partial charge in [-0.15, -0.1) is 0 Å². The Morgan fingerprint density at radius 2 is 2.07 bits per heavy atom. The Morgan fingerprint density at radius 3 is 2.70 bits per heavy atom. The molecule has 1 atom stereocenters. The molecule has 6 nitrogen and oxygen atoms in total. The second kappa shape index (κ2) is 9.01. The van der Waals surface area contributed by atoms with Crippen LogP contribution in [0.5, 0.6) is 5.75 Å². The number of nitrogens with zero attached hydrogens (tertiary/aromatic N) is 2. The van der Waals surface area contributed by atoms with Gasteiger partial charge in [0.25, 0.3) is 0 Å². The third kappa shape index (κ3) is 6.17.